The summed E-state index contributed by atoms with van der Waals surface area (Å²) >= 11 is 5.69. The number of rotatable bonds is 3. The summed E-state index contributed by atoms with van der Waals surface area (Å²) in [5.41, 5.74) is 5.74. The summed E-state index contributed by atoms with van der Waals surface area (Å²) in [5.74, 6) is 0.248. The molecule has 1 aromatic rings. The molecule has 0 unspecified atom stereocenters. The highest BCUT2D eigenvalue weighted by atomic mass is 35.5. The molecule has 6 heteroatoms. The highest BCUT2D eigenvalue weighted by Gasteiger charge is 2.08. The zero-order valence-electron chi connectivity index (χ0n) is 7.58. The molecule has 14 heavy (non-hydrogen) atoms. The van der Waals surface area contributed by atoms with Crippen LogP contribution < -0.4 is 10.5 Å². The van der Waals surface area contributed by atoms with Crippen LogP contribution in [0.15, 0.2) is 12.3 Å². The second-order valence-electron chi connectivity index (χ2n) is 2.35. The van der Waals surface area contributed by atoms with Crippen molar-refractivity contribution in [3.63, 3.8) is 0 Å². The standard InChI is InChI=1S/C8H10ClN3O.ClH/c1-2-13-8-6(7(10)11)3-5(9)4-12-8;/h3-4H,2H2,1H3,(H3,10,11);1H. The lowest BCUT2D eigenvalue weighted by molar-refractivity contribution is 0.326. The Kier molecular flexibility index (Phi) is 5.27. The van der Waals surface area contributed by atoms with Gasteiger partial charge in [0.2, 0.25) is 5.88 Å². The van der Waals surface area contributed by atoms with Crippen LogP contribution >= 0.6 is 24.0 Å². The van der Waals surface area contributed by atoms with Gasteiger partial charge < -0.3 is 10.5 Å². The number of nitrogens with one attached hydrogen (secondary N) is 1. The highest BCUT2D eigenvalue weighted by Crippen LogP contribution is 2.18. The lowest BCUT2D eigenvalue weighted by Crippen LogP contribution is -2.14. The van der Waals surface area contributed by atoms with Gasteiger partial charge in [0, 0.05) is 6.20 Å². The third-order valence-corrected chi connectivity index (χ3v) is 1.60. The quantitative estimate of drug-likeness (QED) is 0.621. The van der Waals surface area contributed by atoms with Gasteiger partial charge in [0.15, 0.2) is 0 Å². The zero-order valence-corrected chi connectivity index (χ0v) is 9.15. The van der Waals surface area contributed by atoms with E-state index in [0.717, 1.165) is 0 Å². The van der Waals surface area contributed by atoms with E-state index in [-0.39, 0.29) is 18.2 Å². The van der Waals surface area contributed by atoms with Gasteiger partial charge >= 0.3 is 0 Å². The molecule has 4 nitrogen and oxygen atoms in total. The Morgan fingerprint density at radius 3 is 2.86 bits per heavy atom. The summed E-state index contributed by atoms with van der Waals surface area (Å²) in [6.45, 7) is 2.31. The molecule has 0 aromatic carbocycles. The van der Waals surface area contributed by atoms with Crippen molar-refractivity contribution in [2.75, 3.05) is 6.61 Å². The summed E-state index contributed by atoms with van der Waals surface area (Å²) in [6, 6.07) is 1.56. The molecule has 1 heterocycles. The van der Waals surface area contributed by atoms with Crippen LogP contribution in [0.4, 0.5) is 0 Å². The molecule has 0 spiro atoms. The van der Waals surface area contributed by atoms with Crippen molar-refractivity contribution in [3.8, 4) is 5.88 Å². The van der Waals surface area contributed by atoms with Crippen LogP contribution in [0.5, 0.6) is 5.88 Å². The van der Waals surface area contributed by atoms with Crippen LogP contribution in [0, 0.1) is 5.41 Å². The molecule has 0 fully saturated rings. The van der Waals surface area contributed by atoms with Gasteiger partial charge in [-0.05, 0) is 13.0 Å². The third-order valence-electron chi connectivity index (χ3n) is 1.39. The topological polar surface area (TPSA) is 72.0 Å². The minimum atomic E-state index is -0.0987. The lowest BCUT2D eigenvalue weighted by atomic mass is 10.2. The number of nitrogens with two attached hydrogens (primary N) is 1. The molecule has 0 bridgehead atoms. The first-order valence-corrected chi connectivity index (χ1v) is 4.15. The summed E-state index contributed by atoms with van der Waals surface area (Å²) in [5, 5.41) is 7.69. The van der Waals surface area contributed by atoms with E-state index in [1.165, 1.54) is 6.20 Å². The monoisotopic (exact) mass is 235 g/mol. The van der Waals surface area contributed by atoms with Gasteiger partial charge in [-0.1, -0.05) is 11.6 Å². The Morgan fingerprint density at radius 1 is 1.71 bits per heavy atom. The summed E-state index contributed by atoms with van der Waals surface area (Å²) < 4.78 is 5.16. The van der Waals surface area contributed by atoms with Crippen molar-refractivity contribution in [3.05, 3.63) is 22.8 Å². The lowest BCUT2D eigenvalue weighted by Gasteiger charge is -2.07. The van der Waals surface area contributed by atoms with E-state index in [9.17, 15) is 0 Å². The van der Waals surface area contributed by atoms with Gasteiger partial charge in [-0.3, -0.25) is 5.41 Å². The highest BCUT2D eigenvalue weighted by molar-refractivity contribution is 6.30. The number of hydrogen-bond donors (Lipinski definition) is 2. The first kappa shape index (κ1) is 13.0. The van der Waals surface area contributed by atoms with Gasteiger partial charge in [0.25, 0.3) is 0 Å². The molecule has 0 radical (unpaired) electrons. The maximum absolute atomic E-state index is 7.25. The van der Waals surface area contributed by atoms with Crippen molar-refractivity contribution in [1.82, 2.24) is 4.98 Å². The fourth-order valence-corrected chi connectivity index (χ4v) is 1.03. The SMILES string of the molecule is CCOc1ncc(Cl)cc1C(=N)N.Cl. The van der Waals surface area contributed by atoms with E-state index in [2.05, 4.69) is 4.98 Å². The number of halogens is 2. The van der Waals surface area contributed by atoms with Gasteiger partial charge in [-0.15, -0.1) is 12.4 Å². The van der Waals surface area contributed by atoms with E-state index in [1.807, 2.05) is 6.92 Å². The van der Waals surface area contributed by atoms with Crippen LogP contribution in [0.25, 0.3) is 0 Å². The van der Waals surface area contributed by atoms with Gasteiger partial charge in [0.05, 0.1) is 17.2 Å². The normalized spacial score (nSPS) is 9.00. The van der Waals surface area contributed by atoms with E-state index in [1.54, 1.807) is 6.07 Å². The number of ether oxygens (including phenoxy) is 1. The van der Waals surface area contributed by atoms with E-state index >= 15 is 0 Å². The number of nitrogen functional groups attached to an aromatic ring is 1. The summed E-state index contributed by atoms with van der Waals surface area (Å²) in [4.78, 5) is 3.91. The predicted molar refractivity (Wildman–Crippen MR) is 58.7 cm³/mol. The molecule has 0 saturated carbocycles. The third kappa shape index (κ3) is 3.05. The Labute approximate surface area is 93.3 Å². The molecule has 1 aromatic heterocycles. The van der Waals surface area contributed by atoms with Crippen molar-refractivity contribution in [2.45, 2.75) is 6.92 Å². The molecule has 0 amide bonds. The summed E-state index contributed by atoms with van der Waals surface area (Å²) in [7, 11) is 0. The van der Waals surface area contributed by atoms with Crippen molar-refractivity contribution >= 4 is 29.8 Å². The molecule has 1 rings (SSSR count). The van der Waals surface area contributed by atoms with Crippen molar-refractivity contribution in [2.24, 2.45) is 5.73 Å². The fraction of sp³-hybridized carbons (Fsp3) is 0.250. The number of nitrogens with zero attached hydrogens (tertiary/aromatic N) is 1. The Hall–Kier alpha value is -1.00. The van der Waals surface area contributed by atoms with Crippen LogP contribution in [-0.2, 0) is 0 Å². The predicted octanol–water partition coefficient (Wildman–Crippen LogP) is 1.84. The second kappa shape index (κ2) is 5.67. The fourth-order valence-electron chi connectivity index (χ4n) is 0.871. The van der Waals surface area contributed by atoms with Crippen LogP contribution in [0.2, 0.25) is 5.02 Å². The minimum absolute atomic E-state index is 0. The molecule has 0 aliphatic heterocycles. The molecular weight excluding hydrogens is 225 g/mol. The van der Waals surface area contributed by atoms with E-state index < -0.39 is 0 Å². The molecule has 0 aliphatic carbocycles. The second-order valence-corrected chi connectivity index (χ2v) is 2.79. The van der Waals surface area contributed by atoms with Crippen molar-refractivity contribution < 1.29 is 4.74 Å². The smallest absolute Gasteiger partial charge is 0.224 e. The van der Waals surface area contributed by atoms with Crippen LogP contribution in [0.1, 0.15) is 12.5 Å². The minimum Gasteiger partial charge on any atom is -0.477 e. The largest absolute Gasteiger partial charge is 0.477 e. The number of hydrogen-bond acceptors (Lipinski definition) is 3. The Bertz CT molecular complexity index is 330. The average Bonchev–Trinajstić information content (AvgIpc) is 2.08. The molecule has 0 saturated heterocycles. The number of pyridine rings is 1. The van der Waals surface area contributed by atoms with Crippen molar-refractivity contribution in [1.29, 1.82) is 5.41 Å². The molecule has 78 valence electrons. The maximum Gasteiger partial charge on any atom is 0.224 e. The van der Waals surface area contributed by atoms with Crippen LogP contribution in [-0.4, -0.2) is 17.4 Å². The van der Waals surface area contributed by atoms with Crippen LogP contribution in [0.3, 0.4) is 0 Å². The molecule has 0 atom stereocenters. The number of amidine groups is 1. The summed E-state index contributed by atoms with van der Waals surface area (Å²) in [6.07, 6.45) is 1.46. The first-order valence-electron chi connectivity index (χ1n) is 3.78. The Morgan fingerprint density at radius 2 is 2.36 bits per heavy atom. The molecule has 3 N–H and O–H groups in total. The average molecular weight is 236 g/mol. The number of aromatic nitrogens is 1. The van der Waals surface area contributed by atoms with Gasteiger partial charge in [0.1, 0.15) is 5.84 Å². The first-order chi connectivity index (χ1) is 6.15. The van der Waals surface area contributed by atoms with E-state index in [0.29, 0.717) is 23.1 Å². The zero-order chi connectivity index (χ0) is 9.84. The van der Waals surface area contributed by atoms with E-state index in [4.69, 9.17) is 27.5 Å². The van der Waals surface area contributed by atoms with Gasteiger partial charge in [-0.25, -0.2) is 4.98 Å². The van der Waals surface area contributed by atoms with Gasteiger partial charge in [-0.2, -0.15) is 0 Å². The molecule has 0 aliphatic rings. The Balaban J connectivity index is 0.00000169. The maximum atomic E-state index is 7.25. The molecular formula is C8H11Cl2N3O.